The average molecular weight is 309 g/mol. The number of hydrogen-bond acceptors (Lipinski definition) is 3. The van der Waals surface area contributed by atoms with E-state index in [1.54, 1.807) is 22.9 Å². The first-order valence-electron chi connectivity index (χ1n) is 6.79. The van der Waals surface area contributed by atoms with E-state index in [4.69, 9.17) is 11.6 Å². The number of benzene rings is 2. The van der Waals surface area contributed by atoms with E-state index in [0.29, 0.717) is 10.7 Å². The van der Waals surface area contributed by atoms with E-state index in [1.165, 1.54) is 0 Å². The summed E-state index contributed by atoms with van der Waals surface area (Å²) < 4.78 is 1.57. The van der Waals surface area contributed by atoms with Gasteiger partial charge in [-0.3, -0.25) is 0 Å². The number of rotatable bonds is 2. The SMILES string of the molecule is Cc1cc2nnn(/C(C#N)=C/c3ccc(Cl)cc3)c2cc1C. The lowest BCUT2D eigenvalue weighted by molar-refractivity contribution is 0.848. The van der Waals surface area contributed by atoms with Crippen molar-refractivity contribution in [3.05, 3.63) is 58.1 Å². The zero-order chi connectivity index (χ0) is 15.7. The maximum atomic E-state index is 9.46. The molecule has 1 aromatic heterocycles. The highest BCUT2D eigenvalue weighted by Crippen LogP contribution is 2.21. The molecule has 4 nitrogen and oxygen atoms in total. The lowest BCUT2D eigenvalue weighted by Gasteiger charge is -2.03. The van der Waals surface area contributed by atoms with Gasteiger partial charge in [0.25, 0.3) is 0 Å². The van der Waals surface area contributed by atoms with Gasteiger partial charge in [0.2, 0.25) is 0 Å². The van der Waals surface area contributed by atoms with Gasteiger partial charge in [0, 0.05) is 5.02 Å². The third kappa shape index (κ3) is 2.59. The minimum atomic E-state index is 0.410. The Bertz CT molecular complexity index is 914. The van der Waals surface area contributed by atoms with Crippen LogP contribution in [0.25, 0.3) is 22.8 Å². The van der Waals surface area contributed by atoms with Crippen molar-refractivity contribution in [3.63, 3.8) is 0 Å². The molecule has 0 aliphatic rings. The third-order valence-corrected chi connectivity index (χ3v) is 3.83. The summed E-state index contributed by atoms with van der Waals surface area (Å²) in [7, 11) is 0. The van der Waals surface area contributed by atoms with Crippen molar-refractivity contribution >= 4 is 34.4 Å². The summed E-state index contributed by atoms with van der Waals surface area (Å²) in [6.45, 7) is 4.06. The van der Waals surface area contributed by atoms with Crippen LogP contribution in [0.15, 0.2) is 36.4 Å². The maximum absolute atomic E-state index is 9.46. The van der Waals surface area contributed by atoms with E-state index < -0.39 is 0 Å². The number of aromatic nitrogens is 3. The molecule has 0 saturated heterocycles. The van der Waals surface area contributed by atoms with Crippen LogP contribution in [-0.2, 0) is 0 Å². The molecule has 22 heavy (non-hydrogen) atoms. The van der Waals surface area contributed by atoms with E-state index in [1.807, 2.05) is 38.1 Å². The van der Waals surface area contributed by atoms with Crippen molar-refractivity contribution in [2.45, 2.75) is 13.8 Å². The van der Waals surface area contributed by atoms with Gasteiger partial charge in [-0.25, -0.2) is 4.68 Å². The Labute approximate surface area is 133 Å². The number of nitriles is 1. The molecule has 0 aliphatic carbocycles. The van der Waals surface area contributed by atoms with Crippen LogP contribution in [0, 0.1) is 25.2 Å². The summed E-state index contributed by atoms with van der Waals surface area (Å²) >= 11 is 5.88. The van der Waals surface area contributed by atoms with E-state index in [-0.39, 0.29) is 0 Å². The molecular weight excluding hydrogens is 296 g/mol. The highest BCUT2D eigenvalue weighted by molar-refractivity contribution is 6.30. The second-order valence-corrected chi connectivity index (χ2v) is 5.56. The fraction of sp³-hybridized carbons (Fsp3) is 0.118. The monoisotopic (exact) mass is 308 g/mol. The standard InChI is InChI=1S/C17H13ClN4/c1-11-7-16-17(8-12(11)2)22(21-20-16)15(10-19)9-13-3-5-14(18)6-4-13/h3-9H,1-2H3/b15-9+. The molecule has 2 aromatic carbocycles. The van der Waals surface area contributed by atoms with Crippen molar-refractivity contribution < 1.29 is 0 Å². The van der Waals surface area contributed by atoms with Gasteiger partial charge < -0.3 is 0 Å². The molecular formula is C17H13ClN4. The molecule has 0 unspecified atom stereocenters. The lowest BCUT2D eigenvalue weighted by atomic mass is 10.1. The smallest absolute Gasteiger partial charge is 0.145 e. The van der Waals surface area contributed by atoms with Gasteiger partial charge in [0.15, 0.2) is 0 Å². The van der Waals surface area contributed by atoms with Crippen molar-refractivity contribution in [2.75, 3.05) is 0 Å². The Balaban J connectivity index is 2.13. The quantitative estimate of drug-likeness (QED) is 0.666. The third-order valence-electron chi connectivity index (χ3n) is 3.58. The number of fused-ring (bicyclic) bond motifs is 1. The first-order chi connectivity index (χ1) is 10.6. The van der Waals surface area contributed by atoms with Gasteiger partial charge in [0.1, 0.15) is 17.3 Å². The van der Waals surface area contributed by atoms with Crippen molar-refractivity contribution in [2.24, 2.45) is 0 Å². The Morgan fingerprint density at radius 2 is 1.86 bits per heavy atom. The summed E-state index contributed by atoms with van der Waals surface area (Å²) in [5.41, 5.74) is 5.19. The Hall–Kier alpha value is -2.64. The van der Waals surface area contributed by atoms with E-state index in [0.717, 1.165) is 27.7 Å². The zero-order valence-corrected chi connectivity index (χ0v) is 13.0. The first-order valence-corrected chi connectivity index (χ1v) is 7.16. The zero-order valence-electron chi connectivity index (χ0n) is 12.2. The molecule has 0 saturated carbocycles. The Morgan fingerprint density at radius 3 is 2.55 bits per heavy atom. The second kappa shape index (κ2) is 5.63. The van der Waals surface area contributed by atoms with Gasteiger partial charge in [-0.2, -0.15) is 5.26 Å². The molecule has 5 heteroatoms. The fourth-order valence-corrected chi connectivity index (χ4v) is 2.34. The highest BCUT2D eigenvalue weighted by Gasteiger charge is 2.10. The number of nitrogens with zero attached hydrogens (tertiary/aromatic N) is 4. The topological polar surface area (TPSA) is 54.5 Å². The van der Waals surface area contributed by atoms with Crippen LogP contribution in [-0.4, -0.2) is 15.0 Å². The first kappa shape index (κ1) is 14.3. The molecule has 0 aliphatic heterocycles. The van der Waals surface area contributed by atoms with Crippen LogP contribution in [0.5, 0.6) is 0 Å². The largest absolute Gasteiger partial charge is 0.202 e. The maximum Gasteiger partial charge on any atom is 0.145 e. The van der Waals surface area contributed by atoms with Gasteiger partial charge >= 0.3 is 0 Å². The summed E-state index contributed by atoms with van der Waals surface area (Å²) in [5, 5.41) is 18.4. The number of hydrogen-bond donors (Lipinski definition) is 0. The molecule has 3 aromatic rings. The Kier molecular flexibility index (Phi) is 3.66. The molecule has 1 heterocycles. The molecule has 3 rings (SSSR count). The minimum Gasteiger partial charge on any atom is -0.202 e. The summed E-state index contributed by atoms with van der Waals surface area (Å²) in [5.74, 6) is 0. The second-order valence-electron chi connectivity index (χ2n) is 5.12. The lowest BCUT2D eigenvalue weighted by Crippen LogP contribution is -1.98. The molecule has 0 fully saturated rings. The summed E-state index contributed by atoms with van der Waals surface area (Å²) in [6, 6.07) is 13.4. The molecule has 0 spiro atoms. The van der Waals surface area contributed by atoms with Crippen molar-refractivity contribution in [1.82, 2.24) is 15.0 Å². The summed E-state index contributed by atoms with van der Waals surface area (Å²) in [6.07, 6.45) is 1.76. The van der Waals surface area contributed by atoms with E-state index in [2.05, 4.69) is 16.4 Å². The molecule has 0 bridgehead atoms. The van der Waals surface area contributed by atoms with Crippen LogP contribution in [0.3, 0.4) is 0 Å². The van der Waals surface area contributed by atoms with Gasteiger partial charge in [0.05, 0.1) is 5.52 Å². The molecule has 0 radical (unpaired) electrons. The van der Waals surface area contributed by atoms with E-state index in [9.17, 15) is 5.26 Å². The highest BCUT2D eigenvalue weighted by atomic mass is 35.5. The van der Waals surface area contributed by atoms with Crippen LogP contribution in [0.1, 0.15) is 16.7 Å². The number of allylic oxidation sites excluding steroid dienone is 1. The number of aryl methyl sites for hydroxylation is 2. The minimum absolute atomic E-state index is 0.410. The molecule has 0 atom stereocenters. The van der Waals surface area contributed by atoms with Crippen molar-refractivity contribution in [3.8, 4) is 6.07 Å². The predicted molar refractivity (Wildman–Crippen MR) is 88.2 cm³/mol. The van der Waals surface area contributed by atoms with Crippen LogP contribution >= 0.6 is 11.6 Å². The number of halogens is 1. The van der Waals surface area contributed by atoms with Crippen LogP contribution in [0.2, 0.25) is 5.02 Å². The van der Waals surface area contributed by atoms with Crippen molar-refractivity contribution in [1.29, 1.82) is 5.26 Å². The Morgan fingerprint density at radius 1 is 1.18 bits per heavy atom. The van der Waals surface area contributed by atoms with Crippen LogP contribution < -0.4 is 0 Å². The van der Waals surface area contributed by atoms with Gasteiger partial charge in [-0.15, -0.1) is 5.10 Å². The molecule has 108 valence electrons. The average Bonchev–Trinajstić information content (AvgIpc) is 2.90. The normalized spacial score (nSPS) is 11.6. The van der Waals surface area contributed by atoms with Crippen LogP contribution in [0.4, 0.5) is 0 Å². The molecule has 0 amide bonds. The predicted octanol–water partition coefficient (Wildman–Crippen LogP) is 4.22. The summed E-state index contributed by atoms with van der Waals surface area (Å²) in [4.78, 5) is 0. The fourth-order valence-electron chi connectivity index (χ4n) is 2.21. The molecule has 0 N–H and O–H groups in total. The van der Waals surface area contributed by atoms with Gasteiger partial charge in [-0.05, 0) is 60.9 Å². The van der Waals surface area contributed by atoms with E-state index >= 15 is 0 Å². The van der Waals surface area contributed by atoms with Gasteiger partial charge in [-0.1, -0.05) is 28.9 Å².